The van der Waals surface area contributed by atoms with Crippen molar-refractivity contribution in [3.05, 3.63) is 0 Å². The smallest absolute Gasteiger partial charge is 0.317 e. The largest absolute Gasteiger partial charge is 0.336 e. The summed E-state index contributed by atoms with van der Waals surface area (Å²) in [6.45, 7) is 3.51. The van der Waals surface area contributed by atoms with Crippen molar-refractivity contribution in [1.29, 1.82) is 0 Å². The maximum Gasteiger partial charge on any atom is 0.317 e. The number of carbonyl (C=O) groups excluding carboxylic acids is 1. The molecule has 1 aliphatic rings. The summed E-state index contributed by atoms with van der Waals surface area (Å²) in [7, 11) is 1.92. The molecular weight excluding hydrogens is 142 g/mol. The molecule has 1 heterocycles. The number of hydrogen-bond donors (Lipinski definition) is 2. The third kappa shape index (κ3) is 2.38. The summed E-state index contributed by atoms with van der Waals surface area (Å²) >= 11 is 0. The Balaban J connectivity index is 2.10. The van der Waals surface area contributed by atoms with Gasteiger partial charge in [0.25, 0.3) is 0 Å². The minimum absolute atomic E-state index is 0.0844. The molecule has 2 N–H and O–H groups in total. The molecule has 1 fully saturated rings. The molecule has 11 heavy (non-hydrogen) atoms. The van der Waals surface area contributed by atoms with Crippen molar-refractivity contribution in [2.24, 2.45) is 0 Å². The molecule has 0 saturated carbocycles. The zero-order valence-corrected chi connectivity index (χ0v) is 6.89. The van der Waals surface area contributed by atoms with Crippen LogP contribution in [0.4, 0.5) is 4.79 Å². The van der Waals surface area contributed by atoms with Gasteiger partial charge in [-0.05, 0) is 20.0 Å². The first-order valence-corrected chi connectivity index (χ1v) is 4.02. The number of nitrogens with zero attached hydrogens (tertiary/aromatic N) is 1. The maximum atomic E-state index is 11.0. The second-order valence-corrected chi connectivity index (χ2v) is 2.68. The van der Waals surface area contributed by atoms with Crippen LogP contribution in [0, 0.1) is 0 Å². The number of amides is 2. The molecule has 1 rings (SSSR count). The molecule has 4 heteroatoms. The average molecular weight is 157 g/mol. The van der Waals surface area contributed by atoms with Gasteiger partial charge in [0.15, 0.2) is 0 Å². The zero-order chi connectivity index (χ0) is 8.10. The van der Waals surface area contributed by atoms with Crippen molar-refractivity contribution in [2.75, 3.05) is 33.2 Å². The zero-order valence-electron chi connectivity index (χ0n) is 6.89. The van der Waals surface area contributed by atoms with Crippen LogP contribution in [-0.4, -0.2) is 44.2 Å². The minimum atomic E-state index is 0.0844. The molecule has 0 unspecified atom stereocenters. The van der Waals surface area contributed by atoms with E-state index in [4.69, 9.17) is 0 Å². The van der Waals surface area contributed by atoms with E-state index in [2.05, 4.69) is 10.6 Å². The van der Waals surface area contributed by atoms with Crippen LogP contribution in [-0.2, 0) is 0 Å². The van der Waals surface area contributed by atoms with Crippen LogP contribution in [0.25, 0.3) is 0 Å². The lowest BCUT2D eigenvalue weighted by molar-refractivity contribution is 0.217. The monoisotopic (exact) mass is 157 g/mol. The Kier molecular flexibility index (Phi) is 3.16. The van der Waals surface area contributed by atoms with Gasteiger partial charge in [0.05, 0.1) is 0 Å². The Bertz CT molecular complexity index is 138. The molecule has 1 aliphatic heterocycles. The van der Waals surface area contributed by atoms with Crippen molar-refractivity contribution in [3.63, 3.8) is 0 Å². The predicted molar refractivity (Wildman–Crippen MR) is 43.5 cm³/mol. The summed E-state index contributed by atoms with van der Waals surface area (Å²) in [6.07, 6.45) is 1.03. The van der Waals surface area contributed by atoms with E-state index in [1.54, 1.807) is 0 Å². The van der Waals surface area contributed by atoms with Gasteiger partial charge >= 0.3 is 6.03 Å². The van der Waals surface area contributed by atoms with Crippen LogP contribution < -0.4 is 10.6 Å². The van der Waals surface area contributed by atoms with Gasteiger partial charge in [-0.25, -0.2) is 4.79 Å². The van der Waals surface area contributed by atoms with E-state index in [0.717, 1.165) is 32.6 Å². The third-order valence-electron chi connectivity index (χ3n) is 1.80. The van der Waals surface area contributed by atoms with E-state index < -0.39 is 0 Å². The highest BCUT2D eigenvalue weighted by molar-refractivity contribution is 5.76. The molecule has 64 valence electrons. The van der Waals surface area contributed by atoms with Crippen molar-refractivity contribution in [2.45, 2.75) is 6.42 Å². The minimum Gasteiger partial charge on any atom is -0.336 e. The molecule has 0 aromatic rings. The fraction of sp³-hybridized carbons (Fsp3) is 0.857. The predicted octanol–water partition coefficient (Wildman–Crippen LogP) is -0.379. The van der Waals surface area contributed by atoms with Crippen molar-refractivity contribution in [1.82, 2.24) is 15.5 Å². The summed E-state index contributed by atoms with van der Waals surface area (Å²) in [5.74, 6) is 0. The van der Waals surface area contributed by atoms with Gasteiger partial charge in [0.1, 0.15) is 0 Å². The second-order valence-electron chi connectivity index (χ2n) is 2.68. The standard InChI is InChI=1S/C7H15N3O/c1-8-3-2-5-10-6-4-9-7(10)11/h8H,2-6H2,1H3,(H,9,11). The molecule has 0 aromatic carbocycles. The van der Waals surface area contributed by atoms with Crippen LogP contribution in [0.3, 0.4) is 0 Å². The van der Waals surface area contributed by atoms with Gasteiger partial charge in [0.2, 0.25) is 0 Å². The van der Waals surface area contributed by atoms with Gasteiger partial charge in [-0.15, -0.1) is 0 Å². The number of urea groups is 1. The van der Waals surface area contributed by atoms with Crippen LogP contribution >= 0.6 is 0 Å². The summed E-state index contributed by atoms with van der Waals surface area (Å²) in [5.41, 5.74) is 0. The maximum absolute atomic E-state index is 11.0. The van der Waals surface area contributed by atoms with E-state index in [0.29, 0.717) is 0 Å². The van der Waals surface area contributed by atoms with E-state index in [1.165, 1.54) is 0 Å². The Morgan fingerprint density at radius 1 is 1.73 bits per heavy atom. The van der Waals surface area contributed by atoms with Crippen molar-refractivity contribution >= 4 is 6.03 Å². The summed E-state index contributed by atoms with van der Waals surface area (Å²) < 4.78 is 0. The summed E-state index contributed by atoms with van der Waals surface area (Å²) in [6, 6.07) is 0.0844. The average Bonchev–Trinajstić information content (AvgIpc) is 2.37. The Labute approximate surface area is 66.9 Å². The number of nitrogens with one attached hydrogen (secondary N) is 2. The molecule has 1 saturated heterocycles. The van der Waals surface area contributed by atoms with E-state index in [1.807, 2.05) is 11.9 Å². The van der Waals surface area contributed by atoms with E-state index in [-0.39, 0.29) is 6.03 Å². The normalized spacial score (nSPS) is 17.2. The topological polar surface area (TPSA) is 44.4 Å². The summed E-state index contributed by atoms with van der Waals surface area (Å²) in [5, 5.41) is 5.81. The highest BCUT2D eigenvalue weighted by atomic mass is 16.2. The van der Waals surface area contributed by atoms with Crippen LogP contribution in [0.2, 0.25) is 0 Å². The fourth-order valence-corrected chi connectivity index (χ4v) is 1.17. The second kappa shape index (κ2) is 4.18. The molecule has 0 aromatic heterocycles. The van der Waals surface area contributed by atoms with Gasteiger partial charge in [-0.3, -0.25) is 0 Å². The molecular formula is C7H15N3O. The number of carbonyl (C=O) groups is 1. The summed E-state index contributed by atoms with van der Waals surface area (Å²) in [4.78, 5) is 12.8. The van der Waals surface area contributed by atoms with Gasteiger partial charge in [0, 0.05) is 19.6 Å². The fourth-order valence-electron chi connectivity index (χ4n) is 1.17. The lowest BCUT2D eigenvalue weighted by atomic mass is 10.4. The first-order chi connectivity index (χ1) is 5.34. The molecule has 0 atom stereocenters. The highest BCUT2D eigenvalue weighted by Gasteiger charge is 2.17. The SMILES string of the molecule is CNCCCN1CCNC1=O. The molecule has 0 spiro atoms. The molecule has 0 bridgehead atoms. The Hall–Kier alpha value is -0.770. The van der Waals surface area contributed by atoms with Gasteiger partial charge in [-0.1, -0.05) is 0 Å². The lowest BCUT2D eigenvalue weighted by Crippen LogP contribution is -2.30. The highest BCUT2D eigenvalue weighted by Crippen LogP contribution is 1.96. The molecule has 0 radical (unpaired) electrons. The van der Waals surface area contributed by atoms with Gasteiger partial charge < -0.3 is 15.5 Å². The van der Waals surface area contributed by atoms with Crippen LogP contribution in [0.1, 0.15) is 6.42 Å². The van der Waals surface area contributed by atoms with E-state index >= 15 is 0 Å². The van der Waals surface area contributed by atoms with Crippen LogP contribution in [0.15, 0.2) is 0 Å². The molecule has 4 nitrogen and oxygen atoms in total. The van der Waals surface area contributed by atoms with Crippen LogP contribution in [0.5, 0.6) is 0 Å². The lowest BCUT2D eigenvalue weighted by Gasteiger charge is -2.12. The number of rotatable bonds is 4. The molecule has 2 amide bonds. The van der Waals surface area contributed by atoms with Crippen molar-refractivity contribution in [3.8, 4) is 0 Å². The molecule has 0 aliphatic carbocycles. The number of hydrogen-bond acceptors (Lipinski definition) is 2. The quantitative estimate of drug-likeness (QED) is 0.546. The van der Waals surface area contributed by atoms with Gasteiger partial charge in [-0.2, -0.15) is 0 Å². The Morgan fingerprint density at radius 3 is 3.09 bits per heavy atom. The first kappa shape index (κ1) is 8.33. The first-order valence-electron chi connectivity index (χ1n) is 4.02. The van der Waals surface area contributed by atoms with E-state index in [9.17, 15) is 4.79 Å². The van der Waals surface area contributed by atoms with Crippen molar-refractivity contribution < 1.29 is 4.79 Å². The Morgan fingerprint density at radius 2 is 2.55 bits per heavy atom. The third-order valence-corrected chi connectivity index (χ3v) is 1.80.